The van der Waals surface area contributed by atoms with E-state index >= 15 is 0 Å². The van der Waals surface area contributed by atoms with E-state index in [1.807, 2.05) is 0 Å². The Morgan fingerprint density at radius 3 is 2.37 bits per heavy atom. The van der Waals surface area contributed by atoms with Gasteiger partial charge in [-0.3, -0.25) is 9.59 Å². The van der Waals surface area contributed by atoms with Crippen molar-refractivity contribution in [2.45, 2.75) is 63.1 Å². The highest BCUT2D eigenvalue weighted by Crippen LogP contribution is 2.40. The van der Waals surface area contributed by atoms with Crippen molar-refractivity contribution >= 4 is 11.9 Å². The number of aliphatic carboxylic acids is 1. The maximum absolute atomic E-state index is 12.5. The molecule has 0 aromatic rings. The molecule has 3 heterocycles. The van der Waals surface area contributed by atoms with Crippen LogP contribution in [0.3, 0.4) is 0 Å². The van der Waals surface area contributed by atoms with Gasteiger partial charge in [-0.05, 0) is 51.0 Å². The smallest absolute Gasteiger partial charge is 0.303 e. The molecule has 106 valence electrons. The molecule has 0 aromatic heterocycles. The van der Waals surface area contributed by atoms with Gasteiger partial charge in [-0.15, -0.1) is 0 Å². The van der Waals surface area contributed by atoms with Crippen LogP contribution < -0.4 is 5.32 Å². The zero-order valence-corrected chi connectivity index (χ0v) is 11.2. The van der Waals surface area contributed by atoms with E-state index in [0.717, 1.165) is 45.1 Å². The number of amides is 1. The second-order valence-corrected chi connectivity index (χ2v) is 6.21. The fourth-order valence-electron chi connectivity index (χ4n) is 4.14. The van der Waals surface area contributed by atoms with Crippen LogP contribution in [-0.2, 0) is 9.59 Å². The van der Waals surface area contributed by atoms with E-state index in [4.69, 9.17) is 5.11 Å². The Hall–Kier alpha value is -1.10. The average Bonchev–Trinajstić information content (AvgIpc) is 2.95. The van der Waals surface area contributed by atoms with E-state index in [1.54, 1.807) is 0 Å². The van der Waals surface area contributed by atoms with E-state index in [-0.39, 0.29) is 36.4 Å². The third-order valence-corrected chi connectivity index (χ3v) is 4.91. The number of carboxylic acid groups (broad SMARTS) is 1. The molecule has 3 atom stereocenters. The van der Waals surface area contributed by atoms with Crippen molar-refractivity contribution in [1.29, 1.82) is 0 Å². The lowest BCUT2D eigenvalue weighted by Gasteiger charge is -2.40. The number of carbonyl (C=O) groups excluding carboxylic acids is 1. The van der Waals surface area contributed by atoms with Gasteiger partial charge < -0.3 is 15.3 Å². The summed E-state index contributed by atoms with van der Waals surface area (Å²) in [5.41, 5.74) is 0. The molecule has 3 rings (SSSR count). The van der Waals surface area contributed by atoms with Crippen molar-refractivity contribution in [3.8, 4) is 0 Å². The molecule has 3 fully saturated rings. The molecule has 2 N–H and O–H groups in total. The third-order valence-electron chi connectivity index (χ3n) is 4.91. The predicted molar refractivity (Wildman–Crippen MR) is 69.7 cm³/mol. The lowest BCUT2D eigenvalue weighted by Crippen LogP contribution is -2.52. The molecule has 0 aliphatic carbocycles. The van der Waals surface area contributed by atoms with Crippen LogP contribution in [-0.4, -0.2) is 46.6 Å². The first-order valence-electron chi connectivity index (χ1n) is 7.42. The molecule has 3 unspecified atom stereocenters. The number of rotatable bonds is 3. The number of carbonyl (C=O) groups is 2. The summed E-state index contributed by atoms with van der Waals surface area (Å²) in [5.74, 6) is -0.184. The van der Waals surface area contributed by atoms with Crippen molar-refractivity contribution < 1.29 is 14.7 Å². The SMILES string of the molecule is O=C(O)CC1CC2CCC(C1)N2C(=O)C1CCCN1. The molecule has 0 spiro atoms. The van der Waals surface area contributed by atoms with Gasteiger partial charge in [0.25, 0.3) is 0 Å². The van der Waals surface area contributed by atoms with Gasteiger partial charge in [0.1, 0.15) is 0 Å². The third kappa shape index (κ3) is 2.48. The van der Waals surface area contributed by atoms with Crippen LogP contribution >= 0.6 is 0 Å². The maximum Gasteiger partial charge on any atom is 0.303 e. The summed E-state index contributed by atoms with van der Waals surface area (Å²) in [7, 11) is 0. The number of carboxylic acids is 1. The van der Waals surface area contributed by atoms with E-state index in [1.165, 1.54) is 0 Å². The van der Waals surface area contributed by atoms with Crippen molar-refractivity contribution in [2.24, 2.45) is 5.92 Å². The highest BCUT2D eigenvalue weighted by molar-refractivity contribution is 5.83. The number of nitrogens with zero attached hydrogens (tertiary/aromatic N) is 1. The van der Waals surface area contributed by atoms with Gasteiger partial charge in [0.2, 0.25) is 5.91 Å². The van der Waals surface area contributed by atoms with Crippen LogP contribution in [0.1, 0.15) is 44.9 Å². The Kier molecular flexibility index (Phi) is 3.48. The van der Waals surface area contributed by atoms with Gasteiger partial charge in [0.05, 0.1) is 6.04 Å². The van der Waals surface area contributed by atoms with Gasteiger partial charge in [-0.1, -0.05) is 0 Å². The predicted octanol–water partition coefficient (Wildman–Crippen LogP) is 0.983. The molecule has 3 saturated heterocycles. The summed E-state index contributed by atoms with van der Waals surface area (Å²) >= 11 is 0. The van der Waals surface area contributed by atoms with Crippen LogP contribution in [0.2, 0.25) is 0 Å². The second-order valence-electron chi connectivity index (χ2n) is 6.21. The fraction of sp³-hybridized carbons (Fsp3) is 0.857. The number of hydrogen-bond donors (Lipinski definition) is 2. The van der Waals surface area contributed by atoms with E-state index in [0.29, 0.717) is 0 Å². The summed E-state index contributed by atoms with van der Waals surface area (Å²) in [6.07, 6.45) is 6.16. The molecule has 0 saturated carbocycles. The number of nitrogens with one attached hydrogen (secondary N) is 1. The standard InChI is InChI=1S/C14H22N2O3/c17-13(18)8-9-6-10-3-4-11(7-9)16(10)14(19)12-2-1-5-15-12/h9-12,15H,1-8H2,(H,17,18). The van der Waals surface area contributed by atoms with Gasteiger partial charge in [-0.2, -0.15) is 0 Å². The summed E-state index contributed by atoms with van der Waals surface area (Å²) < 4.78 is 0. The molecule has 3 aliphatic heterocycles. The zero-order chi connectivity index (χ0) is 13.4. The molecular weight excluding hydrogens is 244 g/mol. The Morgan fingerprint density at radius 1 is 1.16 bits per heavy atom. The number of hydrogen-bond acceptors (Lipinski definition) is 3. The highest BCUT2D eigenvalue weighted by Gasteiger charge is 2.45. The van der Waals surface area contributed by atoms with Crippen LogP contribution in [0.25, 0.3) is 0 Å². The minimum Gasteiger partial charge on any atom is -0.481 e. The molecule has 5 nitrogen and oxygen atoms in total. The first kappa shape index (κ1) is 12.9. The summed E-state index contributed by atoms with van der Waals surface area (Å²) in [5, 5.41) is 12.2. The van der Waals surface area contributed by atoms with Gasteiger partial charge in [-0.25, -0.2) is 0 Å². The Bertz CT molecular complexity index is 365. The lowest BCUT2D eigenvalue weighted by atomic mass is 9.87. The van der Waals surface area contributed by atoms with Crippen LogP contribution in [0.5, 0.6) is 0 Å². The average molecular weight is 266 g/mol. The summed E-state index contributed by atoms with van der Waals surface area (Å²) in [6.45, 7) is 0.946. The Morgan fingerprint density at radius 2 is 1.84 bits per heavy atom. The maximum atomic E-state index is 12.5. The number of fused-ring (bicyclic) bond motifs is 2. The van der Waals surface area contributed by atoms with Gasteiger partial charge in [0, 0.05) is 18.5 Å². The van der Waals surface area contributed by atoms with E-state index in [9.17, 15) is 9.59 Å². The van der Waals surface area contributed by atoms with Gasteiger partial charge in [0.15, 0.2) is 0 Å². The quantitative estimate of drug-likeness (QED) is 0.799. The fourth-order valence-corrected chi connectivity index (χ4v) is 4.14. The first-order chi connectivity index (χ1) is 9.15. The Labute approximate surface area is 113 Å². The normalized spacial score (nSPS) is 37.6. The molecule has 19 heavy (non-hydrogen) atoms. The highest BCUT2D eigenvalue weighted by atomic mass is 16.4. The minimum absolute atomic E-state index is 0.0131. The molecule has 2 bridgehead atoms. The Balaban J connectivity index is 1.65. The summed E-state index contributed by atoms with van der Waals surface area (Å²) in [4.78, 5) is 25.5. The van der Waals surface area contributed by atoms with Crippen molar-refractivity contribution in [1.82, 2.24) is 10.2 Å². The molecule has 3 aliphatic rings. The van der Waals surface area contributed by atoms with E-state index in [2.05, 4.69) is 10.2 Å². The van der Waals surface area contributed by atoms with E-state index < -0.39 is 5.97 Å². The minimum atomic E-state index is -0.707. The lowest BCUT2D eigenvalue weighted by molar-refractivity contribution is -0.140. The molecular formula is C14H22N2O3. The molecule has 5 heteroatoms. The molecule has 1 amide bonds. The van der Waals surface area contributed by atoms with Crippen molar-refractivity contribution in [2.75, 3.05) is 6.54 Å². The monoisotopic (exact) mass is 266 g/mol. The van der Waals surface area contributed by atoms with Gasteiger partial charge >= 0.3 is 5.97 Å². The molecule has 0 aromatic carbocycles. The first-order valence-corrected chi connectivity index (χ1v) is 7.42. The summed E-state index contributed by atoms with van der Waals surface area (Å²) in [6, 6.07) is 0.593. The van der Waals surface area contributed by atoms with Crippen molar-refractivity contribution in [3.63, 3.8) is 0 Å². The van der Waals surface area contributed by atoms with Crippen molar-refractivity contribution in [3.05, 3.63) is 0 Å². The van der Waals surface area contributed by atoms with Crippen LogP contribution in [0.4, 0.5) is 0 Å². The number of piperidine rings is 1. The molecule has 0 radical (unpaired) electrons. The second kappa shape index (κ2) is 5.12. The van der Waals surface area contributed by atoms with Crippen LogP contribution in [0.15, 0.2) is 0 Å². The topological polar surface area (TPSA) is 69.6 Å². The largest absolute Gasteiger partial charge is 0.481 e. The zero-order valence-electron chi connectivity index (χ0n) is 11.2. The van der Waals surface area contributed by atoms with Crippen LogP contribution in [0, 0.1) is 5.92 Å².